The molecule has 2 heterocycles. The Labute approximate surface area is 220 Å². The fraction of sp³-hybridized carbons (Fsp3) is 0.179. The predicted molar refractivity (Wildman–Crippen MR) is 146 cm³/mol. The van der Waals surface area contributed by atoms with Crippen molar-refractivity contribution < 1.29 is 9.72 Å². The van der Waals surface area contributed by atoms with Gasteiger partial charge in [-0.15, -0.1) is 0 Å². The second-order valence-electron chi connectivity index (χ2n) is 8.83. The summed E-state index contributed by atoms with van der Waals surface area (Å²) in [5, 5.41) is 12.1. The molecule has 3 aromatic carbocycles. The molecule has 10 nitrogen and oxygen atoms in total. The van der Waals surface area contributed by atoms with Gasteiger partial charge in [0, 0.05) is 31.9 Å². The molecular weight excluding hydrogens is 482 g/mol. The molecule has 0 radical (unpaired) electrons. The van der Waals surface area contributed by atoms with Crippen LogP contribution in [0.15, 0.2) is 97.3 Å². The fourth-order valence-electron chi connectivity index (χ4n) is 4.65. The minimum Gasteiger partial charge on any atom is -0.368 e. The van der Waals surface area contributed by atoms with Crippen molar-refractivity contribution in [1.82, 2.24) is 15.4 Å². The van der Waals surface area contributed by atoms with Gasteiger partial charge >= 0.3 is 5.69 Å². The average molecular weight is 510 g/mol. The Morgan fingerprint density at radius 2 is 1.32 bits per heavy atom. The molecule has 0 spiro atoms. The highest BCUT2D eigenvalue weighted by atomic mass is 16.6. The van der Waals surface area contributed by atoms with Crippen LogP contribution in [-0.4, -0.2) is 47.0 Å². The second kappa shape index (κ2) is 11.4. The van der Waals surface area contributed by atoms with E-state index >= 15 is 0 Å². The van der Waals surface area contributed by atoms with E-state index in [4.69, 9.17) is 0 Å². The van der Waals surface area contributed by atoms with E-state index in [1.54, 1.807) is 0 Å². The van der Waals surface area contributed by atoms with Crippen LogP contribution in [-0.2, 0) is 4.79 Å². The predicted octanol–water partition coefficient (Wildman–Crippen LogP) is 3.99. The van der Waals surface area contributed by atoms with Gasteiger partial charge in [0.05, 0.1) is 10.8 Å². The Bertz CT molecular complexity index is 1340. The van der Waals surface area contributed by atoms with E-state index in [1.807, 2.05) is 95.9 Å². The highest BCUT2D eigenvalue weighted by Crippen LogP contribution is 2.33. The molecule has 2 N–H and O–H groups in total. The van der Waals surface area contributed by atoms with Gasteiger partial charge in [-0.3, -0.25) is 25.8 Å². The van der Waals surface area contributed by atoms with Crippen LogP contribution in [0.1, 0.15) is 17.0 Å². The number of nitrogens with one attached hydrogen (secondary N) is 2. The summed E-state index contributed by atoms with van der Waals surface area (Å²) in [7, 11) is 0. The van der Waals surface area contributed by atoms with Crippen molar-refractivity contribution in [3.63, 3.8) is 0 Å². The Hall–Kier alpha value is -4.99. The Morgan fingerprint density at radius 3 is 1.87 bits per heavy atom. The van der Waals surface area contributed by atoms with Gasteiger partial charge in [-0.1, -0.05) is 78.9 Å². The third-order valence-corrected chi connectivity index (χ3v) is 6.52. The molecule has 10 heteroatoms. The molecule has 1 aliphatic heterocycles. The van der Waals surface area contributed by atoms with Crippen LogP contribution < -0.4 is 20.7 Å². The number of hydrogen-bond donors (Lipinski definition) is 2. The molecule has 0 saturated carbocycles. The smallest absolute Gasteiger partial charge is 0.355 e. The second-order valence-corrected chi connectivity index (χ2v) is 8.83. The first-order valence-corrected chi connectivity index (χ1v) is 12.3. The molecule has 1 aromatic heterocycles. The molecule has 192 valence electrons. The Balaban J connectivity index is 1.34. The number of anilines is 3. The van der Waals surface area contributed by atoms with Gasteiger partial charge in [0.1, 0.15) is 6.33 Å². The Morgan fingerprint density at radius 1 is 0.789 bits per heavy atom. The van der Waals surface area contributed by atoms with Gasteiger partial charge in [-0.05, 0) is 23.3 Å². The molecule has 0 bridgehead atoms. The highest BCUT2D eigenvalue weighted by molar-refractivity contribution is 5.88. The summed E-state index contributed by atoms with van der Waals surface area (Å²) in [6.45, 7) is 2.51. The van der Waals surface area contributed by atoms with E-state index in [-0.39, 0.29) is 23.2 Å². The molecule has 0 aliphatic carbocycles. The van der Waals surface area contributed by atoms with Crippen LogP contribution in [0.5, 0.6) is 0 Å². The highest BCUT2D eigenvalue weighted by Gasteiger charge is 2.30. The zero-order valence-electron chi connectivity index (χ0n) is 20.6. The van der Waals surface area contributed by atoms with Crippen molar-refractivity contribution in [3.8, 4) is 0 Å². The van der Waals surface area contributed by atoms with Crippen molar-refractivity contribution in [3.05, 3.63) is 119 Å². The summed E-state index contributed by atoms with van der Waals surface area (Å²) < 4.78 is 0. The van der Waals surface area contributed by atoms with Gasteiger partial charge in [-0.25, -0.2) is 9.97 Å². The molecule has 4 aromatic rings. The normalized spacial score (nSPS) is 13.3. The topological polar surface area (TPSA) is 117 Å². The minimum absolute atomic E-state index is 0.0706. The van der Waals surface area contributed by atoms with E-state index in [9.17, 15) is 14.9 Å². The van der Waals surface area contributed by atoms with E-state index in [1.165, 1.54) is 6.33 Å². The third-order valence-electron chi connectivity index (χ3n) is 6.52. The van der Waals surface area contributed by atoms with Gasteiger partial charge < -0.3 is 9.80 Å². The van der Waals surface area contributed by atoms with Crippen LogP contribution in [0, 0.1) is 10.1 Å². The first-order chi connectivity index (χ1) is 18.6. The molecule has 1 amide bonds. The molecule has 0 atom stereocenters. The van der Waals surface area contributed by atoms with E-state index < -0.39 is 10.8 Å². The minimum atomic E-state index is -0.615. The first kappa shape index (κ1) is 24.7. The van der Waals surface area contributed by atoms with Crippen molar-refractivity contribution in [2.45, 2.75) is 5.92 Å². The van der Waals surface area contributed by atoms with E-state index in [0.29, 0.717) is 26.2 Å². The average Bonchev–Trinajstić information content (AvgIpc) is 2.97. The fourth-order valence-corrected chi connectivity index (χ4v) is 4.65. The summed E-state index contributed by atoms with van der Waals surface area (Å²) in [6.07, 6.45) is 1.27. The van der Waals surface area contributed by atoms with Gasteiger partial charge in [0.2, 0.25) is 17.5 Å². The van der Waals surface area contributed by atoms with Crippen LogP contribution in [0.4, 0.5) is 23.0 Å². The molecule has 0 unspecified atom stereocenters. The number of carbonyl (C=O) groups is 1. The molecule has 1 aliphatic rings. The Kier molecular flexibility index (Phi) is 7.39. The number of aromatic nitrogens is 2. The summed E-state index contributed by atoms with van der Waals surface area (Å²) in [4.78, 5) is 37.4. The lowest BCUT2D eigenvalue weighted by Gasteiger charge is -2.36. The maximum absolute atomic E-state index is 13.4. The van der Waals surface area contributed by atoms with Crippen LogP contribution >= 0.6 is 0 Å². The molecular formula is C28H27N7O3. The maximum Gasteiger partial charge on any atom is 0.355 e. The van der Waals surface area contributed by atoms with E-state index in [0.717, 1.165) is 16.8 Å². The van der Waals surface area contributed by atoms with Crippen molar-refractivity contribution in [2.75, 3.05) is 41.4 Å². The number of amides is 1. The van der Waals surface area contributed by atoms with Gasteiger partial charge in [0.25, 0.3) is 0 Å². The van der Waals surface area contributed by atoms with Crippen molar-refractivity contribution in [2.24, 2.45) is 0 Å². The number of para-hydroxylation sites is 1. The van der Waals surface area contributed by atoms with Crippen LogP contribution in [0.3, 0.4) is 0 Å². The summed E-state index contributed by atoms with van der Waals surface area (Å²) in [5.74, 6) is -0.833. The number of piperazine rings is 1. The summed E-state index contributed by atoms with van der Waals surface area (Å²) in [5.41, 5.74) is 7.77. The van der Waals surface area contributed by atoms with Crippen LogP contribution in [0.25, 0.3) is 0 Å². The third kappa shape index (κ3) is 5.39. The number of hydrogen-bond acceptors (Lipinski definition) is 8. The number of benzene rings is 3. The number of rotatable bonds is 8. The summed E-state index contributed by atoms with van der Waals surface area (Å²) >= 11 is 0. The van der Waals surface area contributed by atoms with E-state index in [2.05, 4.69) is 25.7 Å². The quantitative estimate of drug-likeness (QED) is 0.271. The van der Waals surface area contributed by atoms with Gasteiger partial charge in [0.15, 0.2) is 0 Å². The van der Waals surface area contributed by atoms with Crippen LogP contribution in [0.2, 0.25) is 0 Å². The zero-order chi connectivity index (χ0) is 26.3. The zero-order valence-corrected chi connectivity index (χ0v) is 20.6. The molecule has 38 heavy (non-hydrogen) atoms. The lowest BCUT2D eigenvalue weighted by Crippen LogP contribution is -2.47. The maximum atomic E-state index is 13.4. The number of nitro groups is 1. The standard InChI is InChI=1S/C28H27N7O3/c36-28(24(21-10-4-1-5-11-21)22-12-6-2-7-13-22)32-31-26-25(35(37)38)27(30-20-29-26)34-18-16-33(17-19-34)23-14-8-3-9-15-23/h1-15,20,24H,16-19H2,(H,32,36)(H,29,30,31). The number of nitrogens with zero attached hydrogens (tertiary/aromatic N) is 5. The monoisotopic (exact) mass is 509 g/mol. The molecule has 5 rings (SSSR count). The van der Waals surface area contributed by atoms with Gasteiger partial charge in [-0.2, -0.15) is 0 Å². The number of carbonyl (C=O) groups excluding carboxylic acids is 1. The molecule has 1 saturated heterocycles. The SMILES string of the molecule is O=C(NNc1ncnc(N2CCN(c3ccccc3)CC2)c1[N+](=O)[O-])C(c1ccccc1)c1ccccc1. The number of hydrazine groups is 1. The largest absolute Gasteiger partial charge is 0.368 e. The lowest BCUT2D eigenvalue weighted by molar-refractivity contribution is -0.383. The first-order valence-electron chi connectivity index (χ1n) is 12.3. The summed E-state index contributed by atoms with van der Waals surface area (Å²) in [6, 6.07) is 28.8. The lowest BCUT2D eigenvalue weighted by atomic mass is 9.91. The van der Waals surface area contributed by atoms with Crippen molar-refractivity contribution >= 4 is 28.9 Å². The molecule has 1 fully saturated rings. The van der Waals surface area contributed by atoms with Crippen molar-refractivity contribution in [1.29, 1.82) is 0 Å².